The molecule has 0 saturated heterocycles. The summed E-state index contributed by atoms with van der Waals surface area (Å²) in [6.07, 6.45) is 0. The Balaban J connectivity index is 1.72. The fraction of sp³-hybridized carbons (Fsp3) is 0.409. The number of aromatic amines is 1. The number of amides is 1. The number of benzene rings is 1. The van der Waals surface area contributed by atoms with Gasteiger partial charge in [0.2, 0.25) is 5.91 Å². The average molecular weight is 430 g/mol. The van der Waals surface area contributed by atoms with Crippen molar-refractivity contribution in [3.63, 3.8) is 0 Å². The summed E-state index contributed by atoms with van der Waals surface area (Å²) >= 11 is 3.00. The van der Waals surface area contributed by atoms with Crippen molar-refractivity contribution in [1.82, 2.24) is 9.97 Å². The molecule has 1 unspecified atom stereocenters. The number of carbonyl (C=O) groups is 1. The number of aryl methyl sites for hydroxylation is 3. The Bertz CT molecular complexity index is 1120. The summed E-state index contributed by atoms with van der Waals surface area (Å²) in [5.74, 6) is 1.36. The van der Waals surface area contributed by atoms with Crippen molar-refractivity contribution < 1.29 is 4.79 Å². The molecule has 0 fully saturated rings. The predicted molar refractivity (Wildman–Crippen MR) is 124 cm³/mol. The molecule has 154 valence electrons. The van der Waals surface area contributed by atoms with Crippen LogP contribution in [0.1, 0.15) is 54.1 Å². The maximum Gasteiger partial charge on any atom is 0.259 e. The van der Waals surface area contributed by atoms with Crippen molar-refractivity contribution in [3.8, 4) is 0 Å². The molecule has 7 heteroatoms. The molecule has 5 nitrogen and oxygen atoms in total. The molecule has 0 aliphatic rings. The Morgan fingerprint density at radius 1 is 1.24 bits per heavy atom. The van der Waals surface area contributed by atoms with E-state index in [9.17, 15) is 9.59 Å². The van der Waals surface area contributed by atoms with Gasteiger partial charge < -0.3 is 10.3 Å². The Morgan fingerprint density at radius 2 is 1.97 bits per heavy atom. The number of aromatic nitrogens is 2. The van der Waals surface area contributed by atoms with E-state index in [0.29, 0.717) is 22.9 Å². The van der Waals surface area contributed by atoms with Gasteiger partial charge in [-0.1, -0.05) is 32.0 Å². The second-order valence-electron chi connectivity index (χ2n) is 7.61. The smallest absolute Gasteiger partial charge is 0.259 e. The number of para-hydroxylation sites is 1. The molecule has 3 aromatic rings. The maximum atomic E-state index is 12.8. The number of thiophene rings is 1. The number of anilines is 1. The molecule has 29 heavy (non-hydrogen) atoms. The number of carbonyl (C=O) groups excluding carboxylic acids is 1. The van der Waals surface area contributed by atoms with Gasteiger partial charge in [0.15, 0.2) is 0 Å². The molecule has 1 atom stereocenters. The van der Waals surface area contributed by atoms with Gasteiger partial charge in [0.05, 0.1) is 16.4 Å². The van der Waals surface area contributed by atoms with Crippen molar-refractivity contribution in [3.05, 3.63) is 55.9 Å². The third-order valence-electron chi connectivity index (χ3n) is 5.10. The molecule has 2 aromatic heterocycles. The van der Waals surface area contributed by atoms with E-state index in [4.69, 9.17) is 0 Å². The van der Waals surface area contributed by atoms with Gasteiger partial charge in [0.1, 0.15) is 10.7 Å². The van der Waals surface area contributed by atoms with E-state index in [1.165, 1.54) is 23.1 Å². The van der Waals surface area contributed by atoms with Crippen molar-refractivity contribution in [2.75, 3.05) is 5.32 Å². The highest BCUT2D eigenvalue weighted by molar-refractivity contribution is 7.99. The molecular weight excluding hydrogens is 402 g/mol. The van der Waals surface area contributed by atoms with Crippen LogP contribution in [0.2, 0.25) is 0 Å². The molecule has 0 spiro atoms. The van der Waals surface area contributed by atoms with Crippen molar-refractivity contribution in [2.45, 2.75) is 58.5 Å². The van der Waals surface area contributed by atoms with Gasteiger partial charge in [-0.15, -0.1) is 23.1 Å². The van der Waals surface area contributed by atoms with E-state index < -0.39 is 0 Å². The SMILES string of the molecule is Cc1cccc(C(C)C)c1NC(=O)C(C)SCc1nc2sc(C)c(C)c2c(=O)[nH]1. The fourth-order valence-corrected chi connectivity index (χ4v) is 5.02. The lowest BCUT2D eigenvalue weighted by Crippen LogP contribution is -2.24. The molecule has 1 amide bonds. The van der Waals surface area contributed by atoms with Crippen LogP contribution in [0.15, 0.2) is 23.0 Å². The highest BCUT2D eigenvalue weighted by atomic mass is 32.2. The lowest BCUT2D eigenvalue weighted by atomic mass is 9.98. The first-order valence-electron chi connectivity index (χ1n) is 9.70. The minimum Gasteiger partial charge on any atom is -0.325 e. The largest absolute Gasteiger partial charge is 0.325 e. The number of nitrogens with zero attached hydrogens (tertiary/aromatic N) is 1. The zero-order chi connectivity index (χ0) is 21.3. The molecule has 0 aliphatic heterocycles. The topological polar surface area (TPSA) is 74.8 Å². The van der Waals surface area contributed by atoms with Gasteiger partial charge in [-0.2, -0.15) is 0 Å². The lowest BCUT2D eigenvalue weighted by molar-refractivity contribution is -0.115. The number of H-pyrrole nitrogens is 1. The number of fused-ring (bicyclic) bond motifs is 1. The van der Waals surface area contributed by atoms with E-state index in [2.05, 4.69) is 35.2 Å². The molecule has 0 radical (unpaired) electrons. The summed E-state index contributed by atoms with van der Waals surface area (Å²) in [5.41, 5.74) is 3.98. The van der Waals surface area contributed by atoms with Crippen LogP contribution in [0.3, 0.4) is 0 Å². The lowest BCUT2D eigenvalue weighted by Gasteiger charge is -2.18. The van der Waals surface area contributed by atoms with E-state index >= 15 is 0 Å². The minimum absolute atomic E-state index is 0.0440. The first kappa shape index (κ1) is 21.6. The van der Waals surface area contributed by atoms with Gasteiger partial charge in [-0.3, -0.25) is 9.59 Å². The third kappa shape index (κ3) is 4.56. The van der Waals surface area contributed by atoms with E-state index in [-0.39, 0.29) is 16.7 Å². The molecule has 3 rings (SSSR count). The second kappa shape index (κ2) is 8.71. The highest BCUT2D eigenvalue weighted by Crippen LogP contribution is 2.29. The molecule has 1 aromatic carbocycles. The monoisotopic (exact) mass is 429 g/mol. The van der Waals surface area contributed by atoms with Gasteiger partial charge >= 0.3 is 0 Å². The standard InChI is InChI=1S/C22H27N3O2S2/c1-11(2)16-9-7-8-12(3)19(16)25-20(26)15(6)28-10-17-23-21(27)18-13(4)14(5)29-22(18)24-17/h7-9,11,15H,10H2,1-6H3,(H,25,26)(H,23,24,27). The second-order valence-corrected chi connectivity index (χ2v) is 10.1. The quantitative estimate of drug-likeness (QED) is 0.558. The van der Waals surface area contributed by atoms with Crippen LogP contribution >= 0.6 is 23.1 Å². The Kier molecular flexibility index (Phi) is 6.49. The number of hydrogen-bond acceptors (Lipinski definition) is 5. The van der Waals surface area contributed by atoms with Crippen molar-refractivity contribution in [2.24, 2.45) is 0 Å². The predicted octanol–water partition coefficient (Wildman–Crippen LogP) is 5.29. The van der Waals surface area contributed by atoms with Gasteiger partial charge in [0, 0.05) is 10.6 Å². The molecule has 2 heterocycles. The first-order valence-corrected chi connectivity index (χ1v) is 11.6. The van der Waals surface area contributed by atoms with E-state index in [1.54, 1.807) is 0 Å². The zero-order valence-electron chi connectivity index (χ0n) is 17.7. The summed E-state index contributed by atoms with van der Waals surface area (Å²) in [7, 11) is 0. The molecule has 0 bridgehead atoms. The molecule has 0 saturated carbocycles. The summed E-state index contributed by atoms with van der Waals surface area (Å²) in [6.45, 7) is 12.1. The first-order chi connectivity index (χ1) is 13.7. The Labute approximate surface area is 179 Å². The van der Waals surface area contributed by atoms with Crippen molar-refractivity contribution >= 4 is 44.9 Å². The third-order valence-corrected chi connectivity index (χ3v) is 7.36. The summed E-state index contributed by atoms with van der Waals surface area (Å²) < 4.78 is 0. The zero-order valence-corrected chi connectivity index (χ0v) is 19.3. The van der Waals surface area contributed by atoms with Gasteiger partial charge in [-0.25, -0.2) is 4.98 Å². The molecule has 2 N–H and O–H groups in total. The number of rotatable bonds is 6. The Morgan fingerprint density at radius 3 is 2.66 bits per heavy atom. The maximum absolute atomic E-state index is 12.8. The van der Waals surface area contributed by atoms with Gasteiger partial charge in [-0.05, 0) is 50.3 Å². The fourth-order valence-electron chi connectivity index (χ4n) is 3.21. The normalized spacial score (nSPS) is 12.5. The minimum atomic E-state index is -0.276. The number of thioether (sulfide) groups is 1. The van der Waals surface area contributed by atoms with Crippen LogP contribution in [0.25, 0.3) is 10.2 Å². The summed E-state index contributed by atoms with van der Waals surface area (Å²) in [4.78, 5) is 34.5. The highest BCUT2D eigenvalue weighted by Gasteiger charge is 2.18. The van der Waals surface area contributed by atoms with E-state index in [0.717, 1.165) is 32.1 Å². The van der Waals surface area contributed by atoms with E-state index in [1.807, 2.05) is 39.8 Å². The van der Waals surface area contributed by atoms with Crippen LogP contribution in [0.4, 0.5) is 5.69 Å². The van der Waals surface area contributed by atoms with Crippen LogP contribution in [-0.4, -0.2) is 21.1 Å². The number of hydrogen-bond donors (Lipinski definition) is 2. The summed E-state index contributed by atoms with van der Waals surface area (Å²) in [6, 6.07) is 6.08. The van der Waals surface area contributed by atoms with Crippen molar-refractivity contribution in [1.29, 1.82) is 0 Å². The van der Waals surface area contributed by atoms with Gasteiger partial charge in [0.25, 0.3) is 5.56 Å². The number of nitrogens with one attached hydrogen (secondary N) is 2. The Hall–Kier alpha value is -2.12. The van der Waals surface area contributed by atoms with Crippen LogP contribution in [0, 0.1) is 20.8 Å². The van der Waals surface area contributed by atoms with Crippen LogP contribution in [0.5, 0.6) is 0 Å². The molecule has 0 aliphatic carbocycles. The average Bonchev–Trinajstić information content (AvgIpc) is 2.95. The summed E-state index contributed by atoms with van der Waals surface area (Å²) in [5, 5.41) is 3.50. The van der Waals surface area contributed by atoms with Crippen LogP contribution in [-0.2, 0) is 10.5 Å². The van der Waals surface area contributed by atoms with Crippen LogP contribution < -0.4 is 10.9 Å². The molecular formula is C22H27N3O2S2.